The van der Waals surface area contributed by atoms with Gasteiger partial charge in [-0.05, 0) is 37.1 Å². The molecule has 2 aliphatic heterocycles. The molecular weight excluding hydrogens is 354 g/mol. The highest BCUT2D eigenvalue weighted by Crippen LogP contribution is 2.42. The Morgan fingerprint density at radius 2 is 1.86 bits per heavy atom. The van der Waals surface area contributed by atoms with Gasteiger partial charge >= 0.3 is 0 Å². The highest BCUT2D eigenvalue weighted by atomic mass is 16.5. The van der Waals surface area contributed by atoms with Crippen LogP contribution >= 0.6 is 0 Å². The zero-order chi connectivity index (χ0) is 19.1. The third-order valence-electron chi connectivity index (χ3n) is 5.56. The molecule has 6 nitrogen and oxygen atoms in total. The molecule has 1 amide bonds. The summed E-state index contributed by atoms with van der Waals surface area (Å²) < 4.78 is 11.8. The number of methoxy groups -OCH3 is 1. The van der Waals surface area contributed by atoms with Gasteiger partial charge in [-0.1, -0.05) is 18.2 Å². The Kier molecular flexibility index (Phi) is 4.19. The molecule has 6 heteroatoms. The van der Waals surface area contributed by atoms with Crippen molar-refractivity contribution in [3.63, 3.8) is 0 Å². The molecule has 0 N–H and O–H groups in total. The van der Waals surface area contributed by atoms with Gasteiger partial charge in [0, 0.05) is 32.1 Å². The number of carbonyl (C=O) groups excluding carboxylic acids is 1. The second-order valence-electron chi connectivity index (χ2n) is 7.43. The molecule has 0 aromatic heterocycles. The zero-order valence-corrected chi connectivity index (χ0v) is 15.9. The summed E-state index contributed by atoms with van der Waals surface area (Å²) in [4.78, 5) is 21.6. The van der Waals surface area contributed by atoms with Gasteiger partial charge < -0.3 is 19.3 Å². The van der Waals surface area contributed by atoms with E-state index in [2.05, 4.69) is 4.90 Å². The molecular formula is C22H23N3O3. The third-order valence-corrected chi connectivity index (χ3v) is 5.56. The molecule has 1 saturated heterocycles. The van der Waals surface area contributed by atoms with Crippen molar-refractivity contribution in [2.45, 2.75) is 12.8 Å². The van der Waals surface area contributed by atoms with E-state index in [1.807, 2.05) is 47.4 Å². The van der Waals surface area contributed by atoms with E-state index >= 15 is 0 Å². The van der Waals surface area contributed by atoms with Gasteiger partial charge in [-0.2, -0.15) is 0 Å². The van der Waals surface area contributed by atoms with Gasteiger partial charge in [0.15, 0.2) is 17.2 Å². The van der Waals surface area contributed by atoms with Gasteiger partial charge in [-0.15, -0.1) is 0 Å². The van der Waals surface area contributed by atoms with Crippen LogP contribution in [0.5, 0.6) is 17.2 Å². The number of ether oxygens (including phenoxy) is 2. The second kappa shape index (κ2) is 6.86. The normalized spacial score (nSPS) is 18.4. The maximum absolute atomic E-state index is 12.4. The Hall–Kier alpha value is -3.02. The standard InChI is InChI=1S/C22H23N3O3/c1-27-19-8-4-5-16-20(19)28-18-7-3-2-6-17(18)23-21(16)24-11-13-25(14-12-24)22(26)15-9-10-15/h2-8,15H,9-14H2,1H3. The minimum absolute atomic E-state index is 0.270. The summed E-state index contributed by atoms with van der Waals surface area (Å²) in [5, 5.41) is 0. The van der Waals surface area contributed by atoms with Crippen LogP contribution in [0.2, 0.25) is 0 Å². The van der Waals surface area contributed by atoms with E-state index in [0.717, 1.165) is 56.1 Å². The molecule has 2 aromatic carbocycles. The first-order valence-electron chi connectivity index (χ1n) is 9.81. The molecule has 1 saturated carbocycles. The molecule has 5 rings (SSSR count). The van der Waals surface area contributed by atoms with E-state index in [-0.39, 0.29) is 5.92 Å². The number of benzene rings is 2. The smallest absolute Gasteiger partial charge is 0.225 e. The summed E-state index contributed by atoms with van der Waals surface area (Å²) in [6.45, 7) is 2.98. The number of amidine groups is 1. The SMILES string of the molecule is COc1cccc2c1Oc1ccccc1N=C2N1CCN(C(=O)C2CC2)CC1. The first-order chi connectivity index (χ1) is 13.7. The van der Waals surface area contributed by atoms with E-state index in [4.69, 9.17) is 14.5 Å². The van der Waals surface area contributed by atoms with Gasteiger partial charge in [-0.3, -0.25) is 4.79 Å². The molecule has 2 aromatic rings. The maximum Gasteiger partial charge on any atom is 0.225 e. The van der Waals surface area contributed by atoms with Crippen molar-refractivity contribution in [3.05, 3.63) is 48.0 Å². The monoisotopic (exact) mass is 377 g/mol. The number of para-hydroxylation sites is 3. The number of piperazine rings is 1. The number of nitrogens with zero attached hydrogens (tertiary/aromatic N) is 3. The summed E-state index contributed by atoms with van der Waals surface area (Å²) in [5.41, 5.74) is 1.71. The minimum Gasteiger partial charge on any atom is -0.493 e. The number of rotatable bonds is 2. The lowest BCUT2D eigenvalue weighted by Gasteiger charge is -2.36. The summed E-state index contributed by atoms with van der Waals surface area (Å²) in [7, 11) is 1.65. The van der Waals surface area contributed by atoms with Gasteiger partial charge in [0.05, 0.1) is 12.7 Å². The average molecular weight is 377 g/mol. The Labute approximate surface area is 164 Å². The van der Waals surface area contributed by atoms with E-state index < -0.39 is 0 Å². The Morgan fingerprint density at radius 1 is 1.07 bits per heavy atom. The quantitative estimate of drug-likeness (QED) is 0.805. The van der Waals surface area contributed by atoms with E-state index in [9.17, 15) is 4.79 Å². The summed E-state index contributed by atoms with van der Waals surface area (Å²) in [6.07, 6.45) is 2.10. The molecule has 0 spiro atoms. The van der Waals surface area contributed by atoms with Gasteiger partial charge in [0.25, 0.3) is 0 Å². The molecule has 2 heterocycles. The third kappa shape index (κ3) is 2.99. The maximum atomic E-state index is 12.4. The van der Waals surface area contributed by atoms with Gasteiger partial charge in [0.2, 0.25) is 5.91 Å². The number of aliphatic imine (C=N–C) groups is 1. The fraction of sp³-hybridized carbons (Fsp3) is 0.364. The fourth-order valence-electron chi connectivity index (χ4n) is 3.85. The van der Waals surface area contributed by atoms with Crippen LogP contribution in [-0.4, -0.2) is 54.8 Å². The van der Waals surface area contributed by atoms with E-state index in [1.165, 1.54) is 0 Å². The Bertz CT molecular complexity index is 944. The largest absolute Gasteiger partial charge is 0.493 e. The number of hydrogen-bond acceptors (Lipinski definition) is 5. The van der Waals surface area contributed by atoms with Crippen molar-refractivity contribution in [3.8, 4) is 17.2 Å². The van der Waals surface area contributed by atoms with Crippen LogP contribution in [0, 0.1) is 5.92 Å². The Balaban J connectivity index is 1.49. The summed E-state index contributed by atoms with van der Waals surface area (Å²) in [6, 6.07) is 13.7. The Morgan fingerprint density at radius 3 is 2.61 bits per heavy atom. The average Bonchev–Trinajstić information content (AvgIpc) is 3.59. The highest BCUT2D eigenvalue weighted by molar-refractivity contribution is 6.04. The van der Waals surface area contributed by atoms with Crippen molar-refractivity contribution >= 4 is 17.4 Å². The molecule has 0 atom stereocenters. The van der Waals surface area contributed by atoms with Crippen molar-refractivity contribution < 1.29 is 14.3 Å². The van der Waals surface area contributed by atoms with Crippen LogP contribution in [0.25, 0.3) is 0 Å². The molecule has 0 radical (unpaired) electrons. The van der Waals surface area contributed by atoms with E-state index in [0.29, 0.717) is 23.2 Å². The molecule has 0 bridgehead atoms. The summed E-state index contributed by atoms with van der Waals surface area (Å²) in [5.74, 6) is 3.54. The predicted octanol–water partition coefficient (Wildman–Crippen LogP) is 3.43. The van der Waals surface area contributed by atoms with E-state index in [1.54, 1.807) is 7.11 Å². The number of amides is 1. The lowest BCUT2D eigenvalue weighted by atomic mass is 10.1. The number of hydrogen-bond donors (Lipinski definition) is 0. The van der Waals surface area contributed by atoms with Crippen LogP contribution in [0.4, 0.5) is 5.69 Å². The number of carbonyl (C=O) groups is 1. The fourth-order valence-corrected chi connectivity index (χ4v) is 3.85. The molecule has 0 unspecified atom stereocenters. The summed E-state index contributed by atoms with van der Waals surface area (Å²) >= 11 is 0. The van der Waals surface area contributed by atoms with Gasteiger partial charge in [-0.25, -0.2) is 4.99 Å². The van der Waals surface area contributed by atoms with Crippen LogP contribution in [0.3, 0.4) is 0 Å². The predicted molar refractivity (Wildman–Crippen MR) is 107 cm³/mol. The molecule has 2 fully saturated rings. The molecule has 1 aliphatic carbocycles. The van der Waals surface area contributed by atoms with Crippen molar-refractivity contribution in [1.29, 1.82) is 0 Å². The van der Waals surface area contributed by atoms with Crippen LogP contribution in [-0.2, 0) is 4.79 Å². The molecule has 144 valence electrons. The molecule has 3 aliphatic rings. The first kappa shape index (κ1) is 17.1. The van der Waals surface area contributed by atoms with Crippen molar-refractivity contribution in [2.75, 3.05) is 33.3 Å². The second-order valence-corrected chi connectivity index (χ2v) is 7.43. The number of fused-ring (bicyclic) bond motifs is 2. The lowest BCUT2D eigenvalue weighted by Crippen LogP contribution is -2.51. The van der Waals surface area contributed by atoms with Gasteiger partial charge in [0.1, 0.15) is 11.5 Å². The lowest BCUT2D eigenvalue weighted by molar-refractivity contribution is -0.133. The van der Waals surface area contributed by atoms with Crippen molar-refractivity contribution in [2.24, 2.45) is 10.9 Å². The topological polar surface area (TPSA) is 54.4 Å². The van der Waals surface area contributed by atoms with Crippen LogP contribution < -0.4 is 9.47 Å². The minimum atomic E-state index is 0.270. The van der Waals surface area contributed by atoms with Crippen LogP contribution in [0.1, 0.15) is 18.4 Å². The van der Waals surface area contributed by atoms with Crippen LogP contribution in [0.15, 0.2) is 47.5 Å². The zero-order valence-electron chi connectivity index (χ0n) is 15.9. The van der Waals surface area contributed by atoms with Crippen molar-refractivity contribution in [1.82, 2.24) is 9.80 Å². The highest BCUT2D eigenvalue weighted by Gasteiger charge is 2.35. The molecule has 28 heavy (non-hydrogen) atoms. The first-order valence-corrected chi connectivity index (χ1v) is 9.81.